The van der Waals surface area contributed by atoms with Crippen LogP contribution in [0.25, 0.3) is 5.57 Å². The molecule has 1 fully saturated rings. The molecule has 2 aromatic carbocycles. The quantitative estimate of drug-likeness (QED) is 0.288. The predicted molar refractivity (Wildman–Crippen MR) is 164 cm³/mol. The molecule has 0 unspecified atom stereocenters. The van der Waals surface area contributed by atoms with Crippen molar-refractivity contribution in [1.82, 2.24) is 4.90 Å². The zero-order valence-electron chi connectivity index (χ0n) is 27.4. The third-order valence-corrected chi connectivity index (χ3v) is 8.66. The Bertz CT molecular complexity index is 1510. The molecule has 0 bridgehead atoms. The molecular formula is C34H42F6N2O4. The molecule has 2 aromatic rings. The Labute approximate surface area is 266 Å². The van der Waals surface area contributed by atoms with E-state index in [0.717, 1.165) is 35.8 Å². The molecule has 6 nitrogen and oxygen atoms in total. The summed E-state index contributed by atoms with van der Waals surface area (Å²) in [5, 5.41) is 10.4. The molecule has 254 valence electrons. The van der Waals surface area contributed by atoms with Crippen LogP contribution in [0.4, 0.5) is 36.8 Å². The number of allylic oxidation sites excluding steroid dienone is 1. The minimum Gasteiger partial charge on any atom is -0.496 e. The van der Waals surface area contributed by atoms with Gasteiger partial charge in [0.15, 0.2) is 0 Å². The van der Waals surface area contributed by atoms with Gasteiger partial charge in [-0.1, -0.05) is 25.5 Å². The summed E-state index contributed by atoms with van der Waals surface area (Å²) in [6.45, 7) is 10.4. The minimum atomic E-state index is -4.70. The fourth-order valence-electron chi connectivity index (χ4n) is 6.58. The van der Waals surface area contributed by atoms with Gasteiger partial charge in [-0.3, -0.25) is 4.90 Å². The minimum absolute atomic E-state index is 0.0225. The van der Waals surface area contributed by atoms with Crippen LogP contribution >= 0.6 is 0 Å². The van der Waals surface area contributed by atoms with Gasteiger partial charge in [0, 0.05) is 31.4 Å². The molecule has 1 N–H and O–H groups in total. The summed E-state index contributed by atoms with van der Waals surface area (Å²) in [6.07, 6.45) is -9.18. The van der Waals surface area contributed by atoms with Crippen LogP contribution in [0.3, 0.4) is 0 Å². The second kappa shape index (κ2) is 12.3. The van der Waals surface area contributed by atoms with E-state index in [1.165, 1.54) is 43.9 Å². The van der Waals surface area contributed by atoms with Crippen LogP contribution in [0.2, 0.25) is 0 Å². The van der Waals surface area contributed by atoms with Crippen molar-refractivity contribution in [2.45, 2.75) is 90.9 Å². The number of anilines is 1. The van der Waals surface area contributed by atoms with Crippen molar-refractivity contribution < 1.29 is 45.7 Å². The number of carbonyl (C=O) groups is 1. The van der Waals surface area contributed by atoms with E-state index in [9.17, 15) is 36.2 Å². The summed E-state index contributed by atoms with van der Waals surface area (Å²) < 4.78 is 94.7. The topological polar surface area (TPSA) is 62.2 Å². The summed E-state index contributed by atoms with van der Waals surface area (Å²) in [7, 11) is 2.78. The third-order valence-electron chi connectivity index (χ3n) is 8.66. The molecule has 1 heterocycles. The van der Waals surface area contributed by atoms with Crippen molar-refractivity contribution in [2.75, 3.05) is 32.1 Å². The molecule has 0 aromatic heterocycles. The first kappa shape index (κ1) is 35.4. The second-order valence-electron chi connectivity index (χ2n) is 14.0. The zero-order valence-corrected chi connectivity index (χ0v) is 27.4. The summed E-state index contributed by atoms with van der Waals surface area (Å²) >= 11 is 0. The fraction of sp³-hybridized carbons (Fsp3) is 0.559. The fourth-order valence-corrected chi connectivity index (χ4v) is 6.58. The maximum Gasteiger partial charge on any atom is 0.418 e. The molecule has 2 atom stereocenters. The van der Waals surface area contributed by atoms with Crippen molar-refractivity contribution in [3.63, 3.8) is 0 Å². The average molecular weight is 657 g/mol. The number of halogens is 6. The monoisotopic (exact) mass is 656 g/mol. The smallest absolute Gasteiger partial charge is 0.418 e. The maximum atomic E-state index is 14.3. The van der Waals surface area contributed by atoms with Gasteiger partial charge in [0.2, 0.25) is 0 Å². The summed E-state index contributed by atoms with van der Waals surface area (Å²) in [5.41, 5.74) is -0.739. The first-order chi connectivity index (χ1) is 21.0. The first-order valence-electron chi connectivity index (χ1n) is 15.1. The van der Waals surface area contributed by atoms with Crippen LogP contribution in [0.5, 0.6) is 5.75 Å². The SMILES string of the molecule is COc1cc(C(F)(F)F)c(N(C)CC(C)(C)O)cc1C1=C(CN2C(=O)O[C@H](c3cc(C)cc(C(F)(F)F)c3)[C@@H]2C)CC(C)(C)CC1. The van der Waals surface area contributed by atoms with E-state index < -0.39 is 47.3 Å². The molecule has 0 radical (unpaired) electrons. The molecule has 12 heteroatoms. The van der Waals surface area contributed by atoms with Crippen molar-refractivity contribution in [3.8, 4) is 5.75 Å². The largest absolute Gasteiger partial charge is 0.496 e. The molecule has 1 saturated heterocycles. The Balaban J connectivity index is 1.80. The second-order valence-corrected chi connectivity index (χ2v) is 14.0. The molecule has 0 saturated carbocycles. The van der Waals surface area contributed by atoms with Crippen LogP contribution in [-0.2, 0) is 17.1 Å². The van der Waals surface area contributed by atoms with Crippen molar-refractivity contribution >= 4 is 17.4 Å². The van der Waals surface area contributed by atoms with E-state index >= 15 is 0 Å². The lowest BCUT2D eigenvalue weighted by Gasteiger charge is -2.36. The molecule has 46 heavy (non-hydrogen) atoms. The number of methoxy groups -OCH3 is 1. The van der Waals surface area contributed by atoms with E-state index in [1.54, 1.807) is 19.9 Å². The number of likely N-dealkylation sites (N-methyl/N-ethyl adjacent to an activating group) is 1. The number of aryl methyl sites for hydroxylation is 1. The number of hydrogen-bond acceptors (Lipinski definition) is 5. The predicted octanol–water partition coefficient (Wildman–Crippen LogP) is 8.79. The van der Waals surface area contributed by atoms with Gasteiger partial charge in [-0.05, 0) is 93.3 Å². The molecule has 2 aliphatic rings. The highest BCUT2D eigenvalue weighted by Crippen LogP contribution is 2.49. The van der Waals surface area contributed by atoms with E-state index in [0.29, 0.717) is 24.0 Å². The summed E-state index contributed by atoms with van der Waals surface area (Å²) in [4.78, 5) is 16.1. The number of rotatable bonds is 8. The first-order valence-corrected chi connectivity index (χ1v) is 15.1. The Morgan fingerprint density at radius 1 is 1.07 bits per heavy atom. The molecule has 1 aliphatic carbocycles. The number of hydrogen-bond donors (Lipinski definition) is 1. The van der Waals surface area contributed by atoms with E-state index in [2.05, 4.69) is 13.8 Å². The van der Waals surface area contributed by atoms with Crippen molar-refractivity contribution in [1.29, 1.82) is 0 Å². The Morgan fingerprint density at radius 2 is 1.72 bits per heavy atom. The van der Waals surface area contributed by atoms with Gasteiger partial charge in [-0.15, -0.1) is 0 Å². The standard InChI is InChI=1S/C34H42F6N2O4/c1-19-11-21(13-23(12-19)33(35,36)37)29-20(2)42(30(43)46-29)17-22-16-31(3,4)10-9-24(22)25-14-27(41(7)18-32(5,6)44)26(34(38,39)40)15-28(25)45-8/h11-15,20,29,44H,9-10,16-18H2,1-8H3/t20-,29-/m0/s1. The highest BCUT2D eigenvalue weighted by atomic mass is 19.4. The normalized spacial score (nSPS) is 20.7. The van der Waals surface area contributed by atoms with Crippen LogP contribution < -0.4 is 9.64 Å². The number of ether oxygens (including phenoxy) is 2. The van der Waals surface area contributed by atoms with Gasteiger partial charge in [0.25, 0.3) is 0 Å². The number of cyclic esters (lactones) is 1. The molecule has 0 spiro atoms. The van der Waals surface area contributed by atoms with Crippen LogP contribution in [0.1, 0.15) is 87.8 Å². The Morgan fingerprint density at radius 3 is 2.28 bits per heavy atom. The third kappa shape index (κ3) is 7.75. The molecule has 1 amide bonds. The molecule has 1 aliphatic heterocycles. The summed E-state index contributed by atoms with van der Waals surface area (Å²) in [5.74, 6) is 0.0225. The number of benzene rings is 2. The van der Waals surface area contributed by atoms with Crippen LogP contribution in [0.15, 0.2) is 35.9 Å². The number of amides is 1. The van der Waals surface area contributed by atoms with Crippen molar-refractivity contribution in [2.24, 2.45) is 5.41 Å². The molecule has 4 rings (SSSR count). The van der Waals surface area contributed by atoms with E-state index in [4.69, 9.17) is 9.47 Å². The van der Waals surface area contributed by atoms with E-state index in [1.807, 2.05) is 0 Å². The van der Waals surface area contributed by atoms with Gasteiger partial charge in [-0.2, -0.15) is 26.3 Å². The maximum absolute atomic E-state index is 14.3. The zero-order chi connectivity index (χ0) is 34.6. The Hall–Kier alpha value is -3.41. The number of alkyl halides is 6. The van der Waals surface area contributed by atoms with Crippen molar-refractivity contribution in [3.05, 3.63) is 63.7 Å². The number of carbonyl (C=O) groups excluding carboxylic acids is 1. The average Bonchev–Trinajstić information content (AvgIpc) is 3.18. The van der Waals surface area contributed by atoms with Gasteiger partial charge >= 0.3 is 18.4 Å². The van der Waals surface area contributed by atoms with Crippen LogP contribution in [0, 0.1) is 12.3 Å². The van der Waals surface area contributed by atoms with Gasteiger partial charge in [0.1, 0.15) is 11.9 Å². The lowest BCUT2D eigenvalue weighted by Crippen LogP contribution is -2.37. The Kier molecular flexibility index (Phi) is 9.49. The highest BCUT2D eigenvalue weighted by Gasteiger charge is 2.43. The summed E-state index contributed by atoms with van der Waals surface area (Å²) in [6, 6.07) is 5.38. The van der Waals surface area contributed by atoms with Gasteiger partial charge in [0.05, 0.1) is 29.9 Å². The highest BCUT2D eigenvalue weighted by molar-refractivity contribution is 5.80. The number of nitrogens with zero attached hydrogens (tertiary/aromatic N) is 2. The number of aliphatic hydroxyl groups is 1. The van der Waals surface area contributed by atoms with Gasteiger partial charge in [-0.25, -0.2) is 4.79 Å². The van der Waals surface area contributed by atoms with E-state index in [-0.39, 0.29) is 35.5 Å². The molecular weight excluding hydrogens is 614 g/mol. The van der Waals surface area contributed by atoms with Crippen LogP contribution in [-0.4, -0.2) is 55.0 Å². The van der Waals surface area contributed by atoms with Gasteiger partial charge < -0.3 is 19.5 Å². The lowest BCUT2D eigenvalue weighted by atomic mass is 9.72. The lowest BCUT2D eigenvalue weighted by molar-refractivity contribution is -0.138.